The van der Waals surface area contributed by atoms with Crippen LogP contribution >= 0.6 is 0 Å². The van der Waals surface area contributed by atoms with Crippen molar-refractivity contribution < 1.29 is 59.4 Å². The van der Waals surface area contributed by atoms with Gasteiger partial charge in [0.2, 0.25) is 0 Å². The molecule has 0 fully saturated rings. The van der Waals surface area contributed by atoms with Crippen LogP contribution in [0.3, 0.4) is 0 Å². The van der Waals surface area contributed by atoms with Crippen LogP contribution in [0.25, 0.3) is 0 Å². The first kappa shape index (κ1) is 45.3. The summed E-state index contributed by atoms with van der Waals surface area (Å²) in [7, 11) is 0. The number of carboxylic acid groups (broad SMARTS) is 6. The fourth-order valence-electron chi connectivity index (χ4n) is 0. The van der Waals surface area contributed by atoms with Crippen LogP contribution in [-0.2, 0) is 28.8 Å². The molecule has 0 saturated carbocycles. The van der Waals surface area contributed by atoms with Crippen LogP contribution in [0.5, 0.6) is 0 Å². The van der Waals surface area contributed by atoms with Gasteiger partial charge < -0.3 is 49.8 Å². The number of hydrogen-bond acceptors (Lipinski definition) is 10. The zero-order valence-corrected chi connectivity index (χ0v) is 17.2. The largest absolute Gasteiger partial charge is 4.00 e. The van der Waals surface area contributed by atoms with Gasteiger partial charge in [0.15, 0.2) is 0 Å². The number of carbonyl (C=O) groups excluding carboxylic acids is 4. The van der Waals surface area contributed by atoms with E-state index in [0.29, 0.717) is 0 Å². The molecule has 0 aliphatic carbocycles. The summed E-state index contributed by atoms with van der Waals surface area (Å²) in [5.74, 6) is -6.89. The van der Waals surface area contributed by atoms with E-state index in [4.69, 9.17) is 49.8 Å². The Bertz CT molecular complexity index is 481. The normalized spacial score (nSPS) is 6.19. The van der Waals surface area contributed by atoms with E-state index in [9.17, 15) is 9.59 Å². The first-order valence-electron chi connectivity index (χ1n) is 6.67. The van der Waals surface area contributed by atoms with E-state index < -0.39 is 35.8 Å². The van der Waals surface area contributed by atoms with Crippen molar-refractivity contribution in [2.75, 3.05) is 0 Å². The SMILES string of the molecule is C=CC(=O)O.C=CC(=O)O.C=CC(=O)[O-].C=CC(=O)[O-].C=CC(=O)[O-].C=CC(=O)[O-].[Si+4]. The van der Waals surface area contributed by atoms with Gasteiger partial charge in [0, 0.05) is 12.2 Å². The Morgan fingerprint density at radius 1 is 0.452 bits per heavy atom. The molecule has 2 N–H and O–H groups in total. The van der Waals surface area contributed by atoms with Crippen molar-refractivity contribution in [1.29, 1.82) is 0 Å². The van der Waals surface area contributed by atoms with Crippen LogP contribution < -0.4 is 20.4 Å². The Morgan fingerprint density at radius 3 is 0.516 bits per heavy atom. The fraction of sp³-hybridized carbons (Fsp3) is 0. The van der Waals surface area contributed by atoms with Crippen molar-refractivity contribution >= 4 is 46.8 Å². The molecule has 0 saturated heterocycles. The van der Waals surface area contributed by atoms with Crippen LogP contribution in [0.1, 0.15) is 0 Å². The maximum atomic E-state index is 9.25. The van der Waals surface area contributed by atoms with Gasteiger partial charge in [-0.15, -0.1) is 0 Å². The average molecular weight is 456 g/mol. The summed E-state index contributed by atoms with van der Waals surface area (Å²) in [6, 6.07) is 0. The molecule has 31 heavy (non-hydrogen) atoms. The van der Waals surface area contributed by atoms with E-state index >= 15 is 0 Å². The predicted molar refractivity (Wildman–Crippen MR) is 102 cm³/mol. The Balaban J connectivity index is -0.0000000443. The molecular formula is C18H20O12Si. The Kier molecular flexibility index (Phi) is 58.8. The second-order valence-electron chi connectivity index (χ2n) is 3.18. The van der Waals surface area contributed by atoms with Crippen molar-refractivity contribution in [2.24, 2.45) is 0 Å². The second kappa shape index (κ2) is 40.2. The molecule has 0 aromatic rings. The minimum absolute atomic E-state index is 0. The summed E-state index contributed by atoms with van der Waals surface area (Å²) in [6.45, 7) is 17.5. The Hall–Kier alpha value is -4.52. The standard InChI is InChI=1S/6C3H4O2.Si/c6*1-2-3(4)5;/h6*2H,1H2,(H,4,5);/q;;;;;;+4/p-4. The number of carboxylic acids is 6. The summed E-state index contributed by atoms with van der Waals surface area (Å²) >= 11 is 0. The molecule has 0 bridgehead atoms. The Morgan fingerprint density at radius 2 is 0.516 bits per heavy atom. The topological polar surface area (TPSA) is 235 Å². The van der Waals surface area contributed by atoms with Gasteiger partial charge in [-0.2, -0.15) is 0 Å². The number of carbonyl (C=O) groups is 6. The summed E-state index contributed by atoms with van der Waals surface area (Å²) in [4.78, 5) is 55.1. The summed E-state index contributed by atoms with van der Waals surface area (Å²) in [5.41, 5.74) is 0. The monoisotopic (exact) mass is 456 g/mol. The van der Waals surface area contributed by atoms with Crippen LogP contribution in [-0.4, -0.2) is 57.0 Å². The molecule has 0 spiro atoms. The minimum atomic E-state index is -1.23. The van der Waals surface area contributed by atoms with Crippen molar-refractivity contribution in [3.8, 4) is 0 Å². The van der Waals surface area contributed by atoms with Crippen LogP contribution in [0.2, 0.25) is 0 Å². The molecular weight excluding hydrogens is 436 g/mol. The molecule has 13 heteroatoms. The van der Waals surface area contributed by atoms with E-state index in [0.717, 1.165) is 36.5 Å². The molecule has 0 aliphatic rings. The molecule has 0 unspecified atom stereocenters. The van der Waals surface area contributed by atoms with E-state index in [-0.39, 0.29) is 11.0 Å². The minimum Gasteiger partial charge on any atom is -0.545 e. The predicted octanol–water partition coefficient (Wildman–Crippen LogP) is -4.18. The van der Waals surface area contributed by atoms with E-state index in [1.54, 1.807) is 0 Å². The van der Waals surface area contributed by atoms with Crippen molar-refractivity contribution in [2.45, 2.75) is 0 Å². The third-order valence-corrected chi connectivity index (χ3v) is 1.02. The van der Waals surface area contributed by atoms with Crippen LogP contribution in [0.4, 0.5) is 0 Å². The van der Waals surface area contributed by atoms with E-state index in [1.165, 1.54) is 0 Å². The molecule has 0 radical (unpaired) electrons. The van der Waals surface area contributed by atoms with Crippen molar-refractivity contribution in [1.82, 2.24) is 0 Å². The van der Waals surface area contributed by atoms with Crippen LogP contribution in [0.15, 0.2) is 75.9 Å². The average Bonchev–Trinajstić information content (AvgIpc) is 2.69. The molecule has 0 atom stereocenters. The van der Waals surface area contributed by atoms with Gasteiger partial charge in [-0.05, 0) is 24.3 Å². The maximum Gasteiger partial charge on any atom is 4.00 e. The van der Waals surface area contributed by atoms with Crippen LogP contribution in [0, 0.1) is 0 Å². The van der Waals surface area contributed by atoms with Gasteiger partial charge in [0.05, 0.1) is 23.9 Å². The van der Waals surface area contributed by atoms with Gasteiger partial charge in [-0.1, -0.05) is 39.5 Å². The third kappa shape index (κ3) is 251. The van der Waals surface area contributed by atoms with Gasteiger partial charge in [-0.25, -0.2) is 9.59 Å². The molecule has 0 rings (SSSR count). The quantitative estimate of drug-likeness (QED) is 0.286. The molecule has 168 valence electrons. The fourth-order valence-corrected chi connectivity index (χ4v) is 0. The Labute approximate surface area is 182 Å². The molecule has 0 aromatic heterocycles. The van der Waals surface area contributed by atoms with Crippen molar-refractivity contribution in [3.63, 3.8) is 0 Å². The van der Waals surface area contributed by atoms with E-state index in [1.807, 2.05) is 0 Å². The number of hydrogen-bond donors (Lipinski definition) is 2. The smallest absolute Gasteiger partial charge is 0.545 e. The zero-order chi connectivity index (χ0) is 25.7. The van der Waals surface area contributed by atoms with Gasteiger partial charge in [-0.3, -0.25) is 0 Å². The summed E-state index contributed by atoms with van der Waals surface area (Å²) in [5, 5.41) is 51.8. The molecule has 0 aliphatic heterocycles. The van der Waals surface area contributed by atoms with Gasteiger partial charge >= 0.3 is 22.9 Å². The first-order chi connectivity index (χ1) is 13.6. The third-order valence-electron chi connectivity index (χ3n) is 1.02. The zero-order valence-electron chi connectivity index (χ0n) is 16.2. The summed E-state index contributed by atoms with van der Waals surface area (Å²) < 4.78 is 0. The second-order valence-corrected chi connectivity index (χ2v) is 3.18. The first-order valence-corrected chi connectivity index (χ1v) is 6.67. The summed E-state index contributed by atoms with van der Waals surface area (Å²) in [6.07, 6.45) is 4.56. The molecule has 0 heterocycles. The molecule has 0 amide bonds. The number of rotatable bonds is 6. The molecule has 12 nitrogen and oxygen atoms in total. The molecule has 0 aromatic carbocycles. The van der Waals surface area contributed by atoms with Crippen molar-refractivity contribution in [3.05, 3.63) is 75.9 Å². The number of aliphatic carboxylic acids is 6. The maximum absolute atomic E-state index is 9.25. The van der Waals surface area contributed by atoms with Gasteiger partial charge in [0.25, 0.3) is 0 Å². The van der Waals surface area contributed by atoms with E-state index in [2.05, 4.69) is 39.5 Å². The van der Waals surface area contributed by atoms with Gasteiger partial charge in [0.1, 0.15) is 0 Å².